The van der Waals surface area contributed by atoms with E-state index < -0.39 is 0 Å². The van der Waals surface area contributed by atoms with Crippen LogP contribution >= 0.6 is 0 Å². The first-order valence-corrected chi connectivity index (χ1v) is 7.94. The zero-order valence-corrected chi connectivity index (χ0v) is 14.4. The SMILES string of the molecule is CCN(C(=O)c1ccc(Oc2ccnc(OC)n2)nc1)c1cccnc1. The number of hydrogen-bond acceptors (Lipinski definition) is 7. The van der Waals surface area contributed by atoms with Gasteiger partial charge in [0.05, 0.1) is 24.6 Å². The van der Waals surface area contributed by atoms with E-state index in [0.29, 0.717) is 23.9 Å². The molecular formula is C18H17N5O3. The lowest BCUT2D eigenvalue weighted by atomic mass is 10.2. The highest BCUT2D eigenvalue weighted by Gasteiger charge is 2.17. The minimum absolute atomic E-state index is 0.164. The van der Waals surface area contributed by atoms with E-state index >= 15 is 0 Å². The summed E-state index contributed by atoms with van der Waals surface area (Å²) < 4.78 is 10.5. The van der Waals surface area contributed by atoms with Crippen molar-refractivity contribution in [2.24, 2.45) is 0 Å². The van der Waals surface area contributed by atoms with Crippen molar-refractivity contribution in [2.75, 3.05) is 18.6 Å². The number of methoxy groups -OCH3 is 1. The molecule has 26 heavy (non-hydrogen) atoms. The van der Waals surface area contributed by atoms with E-state index in [9.17, 15) is 4.79 Å². The quantitative estimate of drug-likeness (QED) is 0.674. The van der Waals surface area contributed by atoms with Gasteiger partial charge in [-0.05, 0) is 25.1 Å². The summed E-state index contributed by atoms with van der Waals surface area (Å²) >= 11 is 0. The molecule has 0 unspecified atom stereocenters. The number of carbonyl (C=O) groups excluding carboxylic acids is 1. The van der Waals surface area contributed by atoms with Gasteiger partial charge in [0.15, 0.2) is 0 Å². The molecule has 0 fully saturated rings. The molecule has 0 radical (unpaired) electrons. The van der Waals surface area contributed by atoms with E-state index in [1.54, 1.807) is 41.6 Å². The molecule has 0 aliphatic heterocycles. The Kier molecular flexibility index (Phi) is 5.33. The van der Waals surface area contributed by atoms with E-state index in [1.807, 2.05) is 13.0 Å². The van der Waals surface area contributed by atoms with Gasteiger partial charge in [-0.2, -0.15) is 4.98 Å². The van der Waals surface area contributed by atoms with E-state index in [2.05, 4.69) is 19.9 Å². The maximum Gasteiger partial charge on any atom is 0.319 e. The molecular weight excluding hydrogens is 334 g/mol. The summed E-state index contributed by atoms with van der Waals surface area (Å²) in [6, 6.07) is 8.67. The molecule has 8 nitrogen and oxygen atoms in total. The van der Waals surface area contributed by atoms with Crippen molar-refractivity contribution in [1.29, 1.82) is 0 Å². The van der Waals surface area contributed by atoms with Crippen LogP contribution in [0.15, 0.2) is 55.1 Å². The summed E-state index contributed by atoms with van der Waals surface area (Å²) in [4.78, 5) is 30.5. The van der Waals surface area contributed by atoms with Crippen LogP contribution in [0.5, 0.6) is 17.8 Å². The molecule has 0 aromatic carbocycles. The summed E-state index contributed by atoms with van der Waals surface area (Å²) in [5.74, 6) is 0.448. The van der Waals surface area contributed by atoms with Gasteiger partial charge in [0, 0.05) is 37.3 Å². The molecule has 0 aliphatic carbocycles. The number of pyridine rings is 2. The number of anilines is 1. The van der Waals surface area contributed by atoms with Gasteiger partial charge in [0.25, 0.3) is 5.91 Å². The number of hydrogen-bond donors (Lipinski definition) is 0. The Morgan fingerprint density at radius 1 is 1.08 bits per heavy atom. The number of carbonyl (C=O) groups is 1. The van der Waals surface area contributed by atoms with Crippen molar-refractivity contribution in [2.45, 2.75) is 6.92 Å². The van der Waals surface area contributed by atoms with E-state index in [1.165, 1.54) is 19.5 Å². The van der Waals surface area contributed by atoms with Gasteiger partial charge in [0.2, 0.25) is 11.8 Å². The van der Waals surface area contributed by atoms with Gasteiger partial charge < -0.3 is 14.4 Å². The maximum absolute atomic E-state index is 12.7. The van der Waals surface area contributed by atoms with Crippen LogP contribution in [-0.2, 0) is 0 Å². The lowest BCUT2D eigenvalue weighted by Gasteiger charge is -2.20. The normalized spacial score (nSPS) is 10.2. The summed E-state index contributed by atoms with van der Waals surface area (Å²) in [5.41, 5.74) is 1.18. The van der Waals surface area contributed by atoms with Crippen LogP contribution in [0.4, 0.5) is 5.69 Å². The fraction of sp³-hybridized carbons (Fsp3) is 0.167. The number of amides is 1. The van der Waals surface area contributed by atoms with Crippen LogP contribution in [0.3, 0.4) is 0 Å². The van der Waals surface area contributed by atoms with Crippen LogP contribution in [0.1, 0.15) is 17.3 Å². The molecule has 3 aromatic rings. The third-order valence-electron chi connectivity index (χ3n) is 3.50. The molecule has 0 N–H and O–H groups in total. The monoisotopic (exact) mass is 351 g/mol. The minimum Gasteiger partial charge on any atom is -0.467 e. The zero-order chi connectivity index (χ0) is 18.4. The van der Waals surface area contributed by atoms with Gasteiger partial charge in [-0.1, -0.05) is 0 Å². The van der Waals surface area contributed by atoms with Crippen LogP contribution in [0.2, 0.25) is 0 Å². The molecule has 0 aliphatic rings. The van der Waals surface area contributed by atoms with Crippen molar-refractivity contribution < 1.29 is 14.3 Å². The predicted octanol–water partition coefficient (Wildman–Crippen LogP) is 2.73. The minimum atomic E-state index is -0.164. The Hall–Kier alpha value is -3.55. The Labute approximate surface area is 150 Å². The first kappa shape index (κ1) is 17.3. The number of aromatic nitrogens is 4. The van der Waals surface area contributed by atoms with Gasteiger partial charge in [-0.25, -0.2) is 9.97 Å². The van der Waals surface area contributed by atoms with Crippen LogP contribution in [0.25, 0.3) is 0 Å². The largest absolute Gasteiger partial charge is 0.467 e. The third kappa shape index (κ3) is 3.92. The van der Waals surface area contributed by atoms with E-state index in [-0.39, 0.29) is 11.9 Å². The van der Waals surface area contributed by atoms with Crippen LogP contribution in [0, 0.1) is 0 Å². The fourth-order valence-corrected chi connectivity index (χ4v) is 2.27. The van der Waals surface area contributed by atoms with E-state index in [0.717, 1.165) is 5.69 Å². The highest BCUT2D eigenvalue weighted by atomic mass is 16.5. The Balaban J connectivity index is 1.75. The van der Waals surface area contributed by atoms with Crippen molar-refractivity contribution in [1.82, 2.24) is 19.9 Å². The van der Waals surface area contributed by atoms with Crippen LogP contribution < -0.4 is 14.4 Å². The Bertz CT molecular complexity index is 872. The summed E-state index contributed by atoms with van der Waals surface area (Å²) in [7, 11) is 1.47. The van der Waals surface area contributed by atoms with Crippen molar-refractivity contribution >= 4 is 11.6 Å². The van der Waals surface area contributed by atoms with Crippen molar-refractivity contribution in [3.63, 3.8) is 0 Å². The second kappa shape index (κ2) is 8.02. The molecule has 3 rings (SSSR count). The molecule has 1 amide bonds. The Morgan fingerprint density at radius 2 is 1.96 bits per heavy atom. The molecule has 0 spiro atoms. The highest BCUT2D eigenvalue weighted by Crippen LogP contribution is 2.20. The molecule has 3 heterocycles. The fourth-order valence-electron chi connectivity index (χ4n) is 2.27. The average molecular weight is 351 g/mol. The maximum atomic E-state index is 12.7. The van der Waals surface area contributed by atoms with Gasteiger partial charge in [-0.15, -0.1) is 0 Å². The smallest absolute Gasteiger partial charge is 0.319 e. The molecule has 0 atom stereocenters. The predicted molar refractivity (Wildman–Crippen MR) is 94.5 cm³/mol. The molecule has 0 saturated heterocycles. The van der Waals surface area contributed by atoms with E-state index in [4.69, 9.17) is 9.47 Å². The van der Waals surface area contributed by atoms with Gasteiger partial charge >= 0.3 is 6.01 Å². The lowest BCUT2D eigenvalue weighted by Crippen LogP contribution is -2.30. The first-order chi connectivity index (χ1) is 12.7. The summed E-state index contributed by atoms with van der Waals surface area (Å²) in [6.07, 6.45) is 6.30. The van der Waals surface area contributed by atoms with Crippen molar-refractivity contribution in [3.05, 3.63) is 60.7 Å². The van der Waals surface area contributed by atoms with Gasteiger partial charge in [0.1, 0.15) is 0 Å². The van der Waals surface area contributed by atoms with Crippen molar-refractivity contribution in [3.8, 4) is 17.8 Å². The number of ether oxygens (including phenoxy) is 2. The average Bonchev–Trinajstić information content (AvgIpc) is 2.70. The molecule has 0 bridgehead atoms. The lowest BCUT2D eigenvalue weighted by molar-refractivity contribution is 0.0988. The third-order valence-corrected chi connectivity index (χ3v) is 3.50. The molecule has 0 saturated carbocycles. The molecule has 132 valence electrons. The Morgan fingerprint density at radius 3 is 2.62 bits per heavy atom. The molecule has 8 heteroatoms. The highest BCUT2D eigenvalue weighted by molar-refractivity contribution is 6.05. The number of rotatable bonds is 6. The summed E-state index contributed by atoms with van der Waals surface area (Å²) in [6.45, 7) is 2.42. The zero-order valence-electron chi connectivity index (χ0n) is 14.4. The topological polar surface area (TPSA) is 90.3 Å². The van der Waals surface area contributed by atoms with Crippen LogP contribution in [-0.4, -0.2) is 39.5 Å². The molecule has 3 aromatic heterocycles. The standard InChI is InChI=1S/C18H17N5O3/c1-3-23(14-5-4-9-19-12-14)17(24)13-6-7-15(21-11-13)26-16-8-10-20-18(22-16)25-2/h4-12H,3H2,1-2H3. The second-order valence-corrected chi connectivity index (χ2v) is 5.13. The first-order valence-electron chi connectivity index (χ1n) is 7.94. The number of nitrogens with zero attached hydrogens (tertiary/aromatic N) is 5. The second-order valence-electron chi connectivity index (χ2n) is 5.13. The van der Waals surface area contributed by atoms with Gasteiger partial charge in [-0.3, -0.25) is 9.78 Å². The summed E-state index contributed by atoms with van der Waals surface area (Å²) in [5, 5.41) is 0.